The molecule has 1 atom stereocenters. The quantitative estimate of drug-likeness (QED) is 0.822. The Labute approximate surface area is 117 Å². The molecular formula is C13H13F4NO3. The van der Waals surface area contributed by atoms with Crippen LogP contribution in [0.1, 0.15) is 35.7 Å². The molecule has 8 heteroatoms. The second-order valence-corrected chi connectivity index (χ2v) is 4.35. The van der Waals surface area contributed by atoms with Gasteiger partial charge in [-0.05, 0) is 24.6 Å². The van der Waals surface area contributed by atoms with E-state index in [-0.39, 0.29) is 6.42 Å². The van der Waals surface area contributed by atoms with Crippen molar-refractivity contribution < 1.29 is 32.3 Å². The normalized spacial score (nSPS) is 12.8. The predicted octanol–water partition coefficient (Wildman–Crippen LogP) is 2.83. The lowest BCUT2D eigenvalue weighted by Gasteiger charge is -2.15. The van der Waals surface area contributed by atoms with Gasteiger partial charge in [-0.2, -0.15) is 13.2 Å². The molecule has 116 valence electrons. The highest BCUT2D eigenvalue weighted by molar-refractivity contribution is 5.97. The Morgan fingerprint density at radius 1 is 1.33 bits per heavy atom. The first-order chi connectivity index (χ1) is 9.66. The van der Waals surface area contributed by atoms with Gasteiger partial charge in [-0.3, -0.25) is 4.79 Å². The highest BCUT2D eigenvalue weighted by atomic mass is 19.4. The minimum atomic E-state index is -4.72. The maximum absolute atomic E-state index is 13.5. The zero-order valence-electron chi connectivity index (χ0n) is 11.0. The van der Waals surface area contributed by atoms with E-state index in [1.54, 1.807) is 6.92 Å². The van der Waals surface area contributed by atoms with Gasteiger partial charge in [0.25, 0.3) is 5.91 Å². The summed E-state index contributed by atoms with van der Waals surface area (Å²) < 4.78 is 51.0. The number of carbonyl (C=O) groups excluding carboxylic acids is 1. The summed E-state index contributed by atoms with van der Waals surface area (Å²) in [7, 11) is 0. The summed E-state index contributed by atoms with van der Waals surface area (Å²) >= 11 is 0. The van der Waals surface area contributed by atoms with Crippen LogP contribution >= 0.6 is 0 Å². The number of carboxylic acid groups (broad SMARTS) is 1. The Morgan fingerprint density at radius 2 is 1.95 bits per heavy atom. The van der Waals surface area contributed by atoms with E-state index < -0.39 is 41.0 Å². The summed E-state index contributed by atoms with van der Waals surface area (Å²) in [6.45, 7) is 1.67. The molecule has 0 heterocycles. The lowest BCUT2D eigenvalue weighted by molar-refractivity contribution is -0.139. The fraction of sp³-hybridized carbons (Fsp3) is 0.385. The third-order valence-corrected chi connectivity index (χ3v) is 2.72. The smallest absolute Gasteiger partial charge is 0.416 e. The fourth-order valence-electron chi connectivity index (χ4n) is 1.66. The lowest BCUT2D eigenvalue weighted by Crippen LogP contribution is -2.41. The topological polar surface area (TPSA) is 66.4 Å². The molecule has 1 aromatic carbocycles. The van der Waals surface area contributed by atoms with Crippen molar-refractivity contribution in [2.24, 2.45) is 0 Å². The Kier molecular flexibility index (Phi) is 5.28. The molecule has 0 aromatic heterocycles. The maximum Gasteiger partial charge on any atom is 0.416 e. The summed E-state index contributed by atoms with van der Waals surface area (Å²) in [5.41, 5.74) is -2.02. The number of alkyl halides is 3. The van der Waals surface area contributed by atoms with Crippen molar-refractivity contribution in [2.75, 3.05) is 0 Å². The molecule has 1 unspecified atom stereocenters. The van der Waals surface area contributed by atoms with E-state index in [0.717, 1.165) is 0 Å². The molecule has 1 aromatic rings. The van der Waals surface area contributed by atoms with Gasteiger partial charge in [-0.1, -0.05) is 13.3 Å². The van der Waals surface area contributed by atoms with Crippen molar-refractivity contribution in [1.82, 2.24) is 5.32 Å². The van der Waals surface area contributed by atoms with Crippen LogP contribution < -0.4 is 5.32 Å². The van der Waals surface area contributed by atoms with Crippen LogP contribution in [0.5, 0.6) is 0 Å². The zero-order chi connectivity index (χ0) is 16.2. The van der Waals surface area contributed by atoms with E-state index in [4.69, 9.17) is 5.11 Å². The number of aliphatic carboxylic acids is 1. The molecule has 2 N–H and O–H groups in total. The molecule has 0 bridgehead atoms. The third-order valence-electron chi connectivity index (χ3n) is 2.72. The van der Waals surface area contributed by atoms with Crippen LogP contribution in [-0.4, -0.2) is 23.0 Å². The van der Waals surface area contributed by atoms with E-state index in [1.807, 2.05) is 5.32 Å². The van der Waals surface area contributed by atoms with Crippen LogP contribution in [0.15, 0.2) is 18.2 Å². The van der Waals surface area contributed by atoms with E-state index in [9.17, 15) is 27.2 Å². The van der Waals surface area contributed by atoms with Crippen molar-refractivity contribution in [1.29, 1.82) is 0 Å². The average Bonchev–Trinajstić information content (AvgIpc) is 2.36. The second-order valence-electron chi connectivity index (χ2n) is 4.35. The monoisotopic (exact) mass is 307 g/mol. The Morgan fingerprint density at radius 3 is 2.43 bits per heavy atom. The van der Waals surface area contributed by atoms with E-state index >= 15 is 0 Å². The van der Waals surface area contributed by atoms with Gasteiger partial charge in [0, 0.05) is 0 Å². The van der Waals surface area contributed by atoms with Gasteiger partial charge in [-0.25, -0.2) is 9.18 Å². The van der Waals surface area contributed by atoms with Crippen LogP contribution in [0.4, 0.5) is 17.6 Å². The molecule has 0 saturated heterocycles. The second kappa shape index (κ2) is 6.55. The molecule has 0 aliphatic carbocycles. The summed E-state index contributed by atoms with van der Waals surface area (Å²) in [4.78, 5) is 22.6. The summed E-state index contributed by atoms with van der Waals surface area (Å²) in [5.74, 6) is -3.68. The molecule has 0 spiro atoms. The zero-order valence-corrected chi connectivity index (χ0v) is 11.0. The van der Waals surface area contributed by atoms with Gasteiger partial charge in [0.05, 0.1) is 11.1 Å². The average molecular weight is 307 g/mol. The lowest BCUT2D eigenvalue weighted by atomic mass is 10.1. The van der Waals surface area contributed by atoms with Gasteiger partial charge < -0.3 is 10.4 Å². The molecule has 0 fully saturated rings. The highest BCUT2D eigenvalue weighted by Gasteiger charge is 2.32. The fourth-order valence-corrected chi connectivity index (χ4v) is 1.66. The number of carboxylic acids is 1. The molecule has 0 radical (unpaired) electrons. The van der Waals surface area contributed by atoms with Crippen molar-refractivity contribution in [3.63, 3.8) is 0 Å². The first-order valence-electron chi connectivity index (χ1n) is 6.07. The largest absolute Gasteiger partial charge is 0.480 e. The van der Waals surface area contributed by atoms with E-state index in [2.05, 4.69) is 0 Å². The van der Waals surface area contributed by atoms with Crippen LogP contribution in [-0.2, 0) is 11.0 Å². The summed E-state index contributed by atoms with van der Waals surface area (Å²) in [6.07, 6.45) is -4.21. The number of carbonyl (C=O) groups is 2. The summed E-state index contributed by atoms with van der Waals surface area (Å²) in [5, 5.41) is 10.9. The van der Waals surface area contributed by atoms with E-state index in [0.29, 0.717) is 24.6 Å². The van der Waals surface area contributed by atoms with Crippen LogP contribution in [0.2, 0.25) is 0 Å². The van der Waals surface area contributed by atoms with Gasteiger partial charge in [0.2, 0.25) is 0 Å². The van der Waals surface area contributed by atoms with Gasteiger partial charge in [0.15, 0.2) is 0 Å². The molecule has 21 heavy (non-hydrogen) atoms. The highest BCUT2D eigenvalue weighted by Crippen LogP contribution is 2.30. The number of rotatable bonds is 5. The molecular weight excluding hydrogens is 294 g/mol. The van der Waals surface area contributed by atoms with Crippen molar-refractivity contribution >= 4 is 11.9 Å². The molecule has 1 rings (SSSR count). The number of halogens is 4. The Hall–Kier alpha value is -2.12. The van der Waals surface area contributed by atoms with Crippen molar-refractivity contribution in [3.05, 3.63) is 35.1 Å². The van der Waals surface area contributed by atoms with Gasteiger partial charge in [0.1, 0.15) is 11.9 Å². The third kappa shape index (κ3) is 4.44. The summed E-state index contributed by atoms with van der Waals surface area (Å²) in [6, 6.07) is 0.104. The SMILES string of the molecule is CCCC(NC(=O)c1cc(C(F)(F)F)ccc1F)C(=O)O. The molecule has 0 aliphatic heterocycles. The first kappa shape index (κ1) is 16.9. The predicted molar refractivity (Wildman–Crippen MR) is 65.2 cm³/mol. The minimum absolute atomic E-state index is 0.0850. The molecule has 0 saturated carbocycles. The standard InChI is InChI=1S/C13H13F4NO3/c1-2-3-10(12(20)21)18-11(19)8-6-7(13(15,16)17)4-5-9(8)14/h4-6,10H,2-3H2,1H3,(H,18,19)(H,20,21). The first-order valence-corrected chi connectivity index (χ1v) is 6.07. The van der Waals surface area contributed by atoms with Crippen LogP contribution in [0.3, 0.4) is 0 Å². The van der Waals surface area contributed by atoms with Crippen molar-refractivity contribution in [3.8, 4) is 0 Å². The Bertz CT molecular complexity index is 543. The van der Waals surface area contributed by atoms with Crippen LogP contribution in [0.25, 0.3) is 0 Å². The number of hydrogen-bond acceptors (Lipinski definition) is 2. The van der Waals surface area contributed by atoms with Gasteiger partial charge >= 0.3 is 12.1 Å². The van der Waals surface area contributed by atoms with Gasteiger partial charge in [-0.15, -0.1) is 0 Å². The number of nitrogens with one attached hydrogen (secondary N) is 1. The number of hydrogen-bond donors (Lipinski definition) is 2. The number of amides is 1. The number of benzene rings is 1. The minimum Gasteiger partial charge on any atom is -0.480 e. The van der Waals surface area contributed by atoms with E-state index in [1.165, 1.54) is 0 Å². The van der Waals surface area contributed by atoms with Crippen molar-refractivity contribution in [2.45, 2.75) is 32.0 Å². The van der Waals surface area contributed by atoms with Crippen LogP contribution in [0, 0.1) is 5.82 Å². The maximum atomic E-state index is 13.5. The molecule has 0 aliphatic rings. The Balaban J connectivity index is 3.04. The molecule has 1 amide bonds. The molecule has 4 nitrogen and oxygen atoms in total.